The zero-order valence-corrected chi connectivity index (χ0v) is 18.1. The van der Waals surface area contributed by atoms with Crippen molar-refractivity contribution < 1.29 is 9.59 Å². The maximum absolute atomic E-state index is 12.4. The molecule has 1 fully saturated rings. The number of hydrogen-bond donors (Lipinski definition) is 2. The van der Waals surface area contributed by atoms with E-state index in [4.69, 9.17) is 0 Å². The Balaban J connectivity index is 1.39. The zero-order valence-electron chi connectivity index (χ0n) is 17.3. The first-order valence-electron chi connectivity index (χ1n) is 9.86. The second kappa shape index (κ2) is 9.37. The second-order valence-corrected chi connectivity index (χ2v) is 9.09. The van der Waals surface area contributed by atoms with Crippen molar-refractivity contribution in [2.75, 3.05) is 38.0 Å². The van der Waals surface area contributed by atoms with Crippen LogP contribution in [0.2, 0.25) is 0 Å². The summed E-state index contributed by atoms with van der Waals surface area (Å²) < 4.78 is 0. The van der Waals surface area contributed by atoms with E-state index in [1.54, 1.807) is 16.2 Å². The quantitative estimate of drug-likeness (QED) is 0.787. The minimum absolute atomic E-state index is 0.0239. The van der Waals surface area contributed by atoms with E-state index >= 15 is 0 Å². The molecule has 0 saturated carbocycles. The Bertz CT molecular complexity index is 823. The van der Waals surface area contributed by atoms with Crippen LogP contribution in [0.25, 0.3) is 0 Å². The fraction of sp³-hybridized carbons (Fsp3) is 0.476. The van der Waals surface area contributed by atoms with E-state index in [0.29, 0.717) is 39.3 Å². The summed E-state index contributed by atoms with van der Waals surface area (Å²) in [5.41, 5.74) is 1.72. The van der Waals surface area contributed by atoms with Gasteiger partial charge in [0.2, 0.25) is 5.91 Å². The van der Waals surface area contributed by atoms with Gasteiger partial charge < -0.3 is 15.5 Å². The number of nitrogens with one attached hydrogen (secondary N) is 2. The average molecular weight is 416 g/mol. The number of thiazole rings is 1. The summed E-state index contributed by atoms with van der Waals surface area (Å²) >= 11 is 1.63. The van der Waals surface area contributed by atoms with Crippen molar-refractivity contribution in [3.63, 3.8) is 0 Å². The molecule has 0 radical (unpaired) electrons. The fourth-order valence-corrected chi connectivity index (χ4v) is 3.95. The highest BCUT2D eigenvalue weighted by Crippen LogP contribution is 2.25. The molecule has 0 spiro atoms. The average Bonchev–Trinajstić information content (AvgIpc) is 3.17. The minimum atomic E-state index is -0.0799. The summed E-state index contributed by atoms with van der Waals surface area (Å²) in [4.78, 5) is 33.1. The highest BCUT2D eigenvalue weighted by molar-refractivity contribution is 7.09. The number of rotatable bonds is 5. The molecule has 2 heterocycles. The second-order valence-electron chi connectivity index (χ2n) is 8.23. The molecule has 7 nitrogen and oxygen atoms in total. The number of nitrogens with zero attached hydrogens (tertiary/aromatic N) is 3. The molecule has 3 amide bonds. The van der Waals surface area contributed by atoms with Gasteiger partial charge in [0.15, 0.2) is 0 Å². The largest absolute Gasteiger partial charge is 0.332 e. The van der Waals surface area contributed by atoms with Gasteiger partial charge in [-0.25, -0.2) is 9.78 Å². The molecule has 3 rings (SSSR count). The normalized spacial score (nSPS) is 15.2. The predicted octanol–water partition coefficient (Wildman–Crippen LogP) is 2.91. The molecule has 0 atom stereocenters. The molecule has 156 valence electrons. The van der Waals surface area contributed by atoms with E-state index in [1.165, 1.54) is 0 Å². The van der Waals surface area contributed by atoms with E-state index in [9.17, 15) is 9.59 Å². The Morgan fingerprint density at radius 3 is 2.41 bits per heavy atom. The standard InChI is InChI=1S/C21H29N5O2S/c1-21(2,3)19-24-17(15-29-19)13-22-20(28)26-11-9-25(10-12-26)14-18(27)23-16-7-5-4-6-8-16/h4-8,15H,9-14H2,1-3H3,(H,22,28)(H,23,27). The maximum atomic E-state index is 12.4. The van der Waals surface area contributed by atoms with E-state index in [2.05, 4.69) is 41.3 Å². The predicted molar refractivity (Wildman–Crippen MR) is 116 cm³/mol. The number of piperazine rings is 1. The zero-order chi connectivity index (χ0) is 20.9. The third-order valence-electron chi connectivity index (χ3n) is 4.70. The van der Waals surface area contributed by atoms with Crippen molar-refractivity contribution in [3.8, 4) is 0 Å². The van der Waals surface area contributed by atoms with Crippen LogP contribution < -0.4 is 10.6 Å². The number of hydrogen-bond acceptors (Lipinski definition) is 5. The molecular weight excluding hydrogens is 386 g/mol. The Hall–Kier alpha value is -2.45. The first-order chi connectivity index (χ1) is 13.8. The van der Waals surface area contributed by atoms with Gasteiger partial charge in [-0.2, -0.15) is 0 Å². The molecule has 0 bridgehead atoms. The van der Waals surface area contributed by atoms with Crippen LogP contribution >= 0.6 is 11.3 Å². The van der Waals surface area contributed by atoms with Crippen LogP contribution in [0.3, 0.4) is 0 Å². The summed E-state index contributed by atoms with van der Waals surface area (Å²) in [6, 6.07) is 9.35. The lowest BCUT2D eigenvalue weighted by Gasteiger charge is -2.34. The maximum Gasteiger partial charge on any atom is 0.317 e. The third-order valence-corrected chi connectivity index (χ3v) is 6.02. The number of aromatic nitrogens is 1. The lowest BCUT2D eigenvalue weighted by Crippen LogP contribution is -2.52. The number of carbonyl (C=O) groups excluding carboxylic acids is 2. The van der Waals surface area contributed by atoms with Crippen molar-refractivity contribution in [3.05, 3.63) is 46.4 Å². The van der Waals surface area contributed by atoms with Crippen molar-refractivity contribution in [2.24, 2.45) is 0 Å². The van der Waals surface area contributed by atoms with E-state index < -0.39 is 0 Å². The van der Waals surface area contributed by atoms with Crippen molar-refractivity contribution in [1.82, 2.24) is 20.1 Å². The smallest absolute Gasteiger partial charge is 0.317 e. The van der Waals surface area contributed by atoms with Crippen molar-refractivity contribution >= 4 is 29.0 Å². The van der Waals surface area contributed by atoms with Crippen LogP contribution in [-0.4, -0.2) is 59.4 Å². The van der Waals surface area contributed by atoms with Gasteiger partial charge in [-0.15, -0.1) is 11.3 Å². The lowest BCUT2D eigenvalue weighted by atomic mass is 9.98. The fourth-order valence-electron chi connectivity index (χ4n) is 3.04. The molecule has 1 aromatic heterocycles. The lowest BCUT2D eigenvalue weighted by molar-refractivity contribution is -0.117. The topological polar surface area (TPSA) is 77.6 Å². The van der Waals surface area contributed by atoms with Crippen molar-refractivity contribution in [1.29, 1.82) is 0 Å². The molecule has 8 heteroatoms. The van der Waals surface area contributed by atoms with E-state index in [1.807, 2.05) is 35.7 Å². The van der Waals surface area contributed by atoms with Crippen LogP contribution in [0.1, 0.15) is 31.5 Å². The Labute approximate surface area is 176 Å². The molecule has 2 N–H and O–H groups in total. The molecule has 0 aliphatic carbocycles. The highest BCUT2D eigenvalue weighted by atomic mass is 32.1. The van der Waals surface area contributed by atoms with Crippen LogP contribution in [0, 0.1) is 0 Å². The minimum Gasteiger partial charge on any atom is -0.332 e. The van der Waals surface area contributed by atoms with Crippen LogP contribution in [-0.2, 0) is 16.8 Å². The van der Waals surface area contributed by atoms with E-state index in [-0.39, 0.29) is 17.4 Å². The van der Waals surface area contributed by atoms with Gasteiger partial charge in [-0.1, -0.05) is 39.0 Å². The molecule has 0 unspecified atom stereocenters. The third kappa shape index (κ3) is 6.27. The van der Waals surface area contributed by atoms with Gasteiger partial charge in [-0.3, -0.25) is 9.69 Å². The van der Waals surface area contributed by atoms with Gasteiger partial charge in [0.1, 0.15) is 0 Å². The highest BCUT2D eigenvalue weighted by Gasteiger charge is 2.23. The number of benzene rings is 1. The summed E-state index contributed by atoms with van der Waals surface area (Å²) in [6.07, 6.45) is 0. The van der Waals surface area contributed by atoms with Gasteiger partial charge in [0, 0.05) is 42.7 Å². The van der Waals surface area contributed by atoms with Crippen LogP contribution in [0.4, 0.5) is 10.5 Å². The van der Waals surface area contributed by atoms with Gasteiger partial charge in [-0.05, 0) is 12.1 Å². The number of anilines is 1. The van der Waals surface area contributed by atoms with Gasteiger partial charge in [0.05, 0.1) is 23.8 Å². The van der Waals surface area contributed by atoms with Crippen molar-refractivity contribution in [2.45, 2.75) is 32.7 Å². The first kappa shape index (κ1) is 21.3. The number of carbonyl (C=O) groups is 2. The van der Waals surface area contributed by atoms with Crippen LogP contribution in [0.5, 0.6) is 0 Å². The molecule has 1 aliphatic rings. The Morgan fingerprint density at radius 2 is 1.79 bits per heavy atom. The van der Waals surface area contributed by atoms with E-state index in [0.717, 1.165) is 16.4 Å². The monoisotopic (exact) mass is 415 g/mol. The number of para-hydroxylation sites is 1. The number of amides is 3. The molecular formula is C21H29N5O2S. The SMILES string of the molecule is CC(C)(C)c1nc(CNC(=O)N2CCN(CC(=O)Nc3ccccc3)CC2)cs1. The number of urea groups is 1. The summed E-state index contributed by atoms with van der Waals surface area (Å²) in [6.45, 7) is 9.74. The Kier molecular flexibility index (Phi) is 6.87. The van der Waals surface area contributed by atoms with Gasteiger partial charge >= 0.3 is 6.03 Å². The summed E-state index contributed by atoms with van der Waals surface area (Å²) in [5, 5.41) is 8.93. The summed E-state index contributed by atoms with van der Waals surface area (Å²) in [7, 11) is 0. The first-order valence-corrected chi connectivity index (χ1v) is 10.7. The molecule has 1 aliphatic heterocycles. The molecule has 2 aromatic rings. The summed E-state index contributed by atoms with van der Waals surface area (Å²) in [5.74, 6) is -0.0349. The Morgan fingerprint density at radius 1 is 1.10 bits per heavy atom. The molecule has 29 heavy (non-hydrogen) atoms. The van der Waals surface area contributed by atoms with Gasteiger partial charge in [0.25, 0.3) is 0 Å². The molecule has 1 saturated heterocycles. The van der Waals surface area contributed by atoms with Crippen LogP contribution in [0.15, 0.2) is 35.7 Å². The molecule has 1 aromatic carbocycles.